The molecule has 1 N–H and O–H groups in total. The number of carbonyl (C=O) groups is 2. The van der Waals surface area contributed by atoms with Crippen LogP contribution in [0.5, 0.6) is 0 Å². The van der Waals surface area contributed by atoms with Gasteiger partial charge in [0.05, 0.1) is 15.6 Å². The van der Waals surface area contributed by atoms with Gasteiger partial charge in [0, 0.05) is 7.05 Å². The van der Waals surface area contributed by atoms with Gasteiger partial charge in [-0.1, -0.05) is 48.0 Å². The Morgan fingerprint density at radius 2 is 1.64 bits per heavy atom. The van der Waals surface area contributed by atoms with E-state index in [2.05, 4.69) is 5.32 Å². The van der Waals surface area contributed by atoms with Crippen molar-refractivity contribution in [3.05, 3.63) is 71.2 Å². The van der Waals surface area contributed by atoms with Crippen molar-refractivity contribution < 1.29 is 18.0 Å². The third-order valence-corrected chi connectivity index (χ3v) is 6.92. The SMILES string of the molecule is CN1C(=O)C(C(=O)Nc2ccccc2Cl)c2cc3ccccc3cc2S1(=O)=O. The van der Waals surface area contributed by atoms with E-state index in [0.29, 0.717) is 20.4 Å². The highest BCUT2D eigenvalue weighted by Gasteiger charge is 2.44. The number of hydrogen-bond acceptors (Lipinski definition) is 4. The summed E-state index contributed by atoms with van der Waals surface area (Å²) in [5, 5.41) is 4.40. The Bertz CT molecular complexity index is 1240. The largest absolute Gasteiger partial charge is 0.324 e. The van der Waals surface area contributed by atoms with Gasteiger partial charge in [-0.25, -0.2) is 12.7 Å². The van der Waals surface area contributed by atoms with Crippen LogP contribution in [0.25, 0.3) is 10.8 Å². The van der Waals surface area contributed by atoms with Gasteiger partial charge < -0.3 is 5.32 Å². The van der Waals surface area contributed by atoms with E-state index in [9.17, 15) is 18.0 Å². The molecule has 0 saturated heterocycles. The lowest BCUT2D eigenvalue weighted by Gasteiger charge is -2.30. The van der Waals surface area contributed by atoms with Crippen molar-refractivity contribution in [1.29, 1.82) is 0 Å². The summed E-state index contributed by atoms with van der Waals surface area (Å²) in [5.41, 5.74) is 0.506. The molecule has 0 saturated carbocycles. The molecule has 142 valence electrons. The molecule has 0 aromatic heterocycles. The zero-order valence-corrected chi connectivity index (χ0v) is 16.3. The number of likely N-dealkylation sites (N-methyl/N-ethyl adjacent to an activating group) is 1. The van der Waals surface area contributed by atoms with E-state index in [-0.39, 0.29) is 10.5 Å². The van der Waals surface area contributed by atoms with Crippen LogP contribution >= 0.6 is 11.6 Å². The number of para-hydroxylation sites is 1. The normalized spacial score (nSPS) is 18.0. The summed E-state index contributed by atoms with van der Waals surface area (Å²) in [6, 6.07) is 16.9. The number of halogens is 1. The minimum Gasteiger partial charge on any atom is -0.324 e. The van der Waals surface area contributed by atoms with E-state index in [1.165, 1.54) is 6.07 Å². The summed E-state index contributed by atoms with van der Waals surface area (Å²) in [7, 11) is -2.87. The zero-order chi connectivity index (χ0) is 20.1. The monoisotopic (exact) mass is 414 g/mol. The minimum absolute atomic E-state index is 0.0485. The summed E-state index contributed by atoms with van der Waals surface area (Å²) in [6.45, 7) is 0. The van der Waals surface area contributed by atoms with Crippen LogP contribution in [-0.2, 0) is 19.6 Å². The fraction of sp³-hybridized carbons (Fsp3) is 0.100. The van der Waals surface area contributed by atoms with Crippen LogP contribution in [0, 0.1) is 0 Å². The molecule has 0 aliphatic carbocycles. The minimum atomic E-state index is -4.03. The molecule has 0 radical (unpaired) electrons. The zero-order valence-electron chi connectivity index (χ0n) is 14.7. The molecule has 28 heavy (non-hydrogen) atoms. The standard InChI is InChI=1S/C20H15ClN2O4S/c1-23-20(25)18(19(24)22-16-9-5-4-8-15(16)21)14-10-12-6-2-3-7-13(12)11-17(14)28(23,26)27/h2-11,18H,1H3,(H,22,24). The highest BCUT2D eigenvalue weighted by atomic mass is 35.5. The first-order chi connectivity index (χ1) is 13.3. The Balaban J connectivity index is 1.88. The lowest BCUT2D eigenvalue weighted by Crippen LogP contribution is -2.45. The number of sulfonamides is 1. The van der Waals surface area contributed by atoms with Crippen molar-refractivity contribution in [2.75, 3.05) is 12.4 Å². The number of nitrogens with one attached hydrogen (secondary N) is 1. The highest BCUT2D eigenvalue weighted by Crippen LogP contribution is 2.37. The van der Waals surface area contributed by atoms with Gasteiger partial charge in [0.25, 0.3) is 15.9 Å². The Hall–Kier alpha value is -2.90. The highest BCUT2D eigenvalue weighted by molar-refractivity contribution is 7.89. The molecule has 1 heterocycles. The summed E-state index contributed by atoms with van der Waals surface area (Å²) < 4.78 is 26.2. The average molecular weight is 415 g/mol. The second-order valence-electron chi connectivity index (χ2n) is 6.45. The van der Waals surface area contributed by atoms with Crippen LogP contribution in [0.1, 0.15) is 11.5 Å². The van der Waals surface area contributed by atoms with Crippen molar-refractivity contribution in [2.45, 2.75) is 10.8 Å². The first-order valence-electron chi connectivity index (χ1n) is 8.41. The fourth-order valence-electron chi connectivity index (χ4n) is 3.29. The van der Waals surface area contributed by atoms with E-state index in [1.54, 1.807) is 54.6 Å². The number of anilines is 1. The van der Waals surface area contributed by atoms with Crippen molar-refractivity contribution in [3.63, 3.8) is 0 Å². The lowest BCUT2D eigenvalue weighted by atomic mass is 9.94. The van der Waals surface area contributed by atoms with Gasteiger partial charge in [-0.05, 0) is 40.6 Å². The average Bonchev–Trinajstić information content (AvgIpc) is 2.67. The second kappa shape index (κ2) is 6.61. The number of fused-ring (bicyclic) bond motifs is 2. The Labute approximate surface area is 166 Å². The molecule has 8 heteroatoms. The van der Waals surface area contributed by atoms with Crippen LogP contribution in [0.3, 0.4) is 0 Å². The molecule has 1 aliphatic rings. The Morgan fingerprint density at radius 3 is 2.32 bits per heavy atom. The topological polar surface area (TPSA) is 83.6 Å². The molecule has 3 aromatic carbocycles. The first-order valence-corrected chi connectivity index (χ1v) is 10.2. The van der Waals surface area contributed by atoms with Crippen LogP contribution in [-0.4, -0.2) is 31.6 Å². The molecule has 2 amide bonds. The molecule has 1 atom stereocenters. The molecule has 1 aliphatic heterocycles. The molecule has 0 bridgehead atoms. The Kier molecular flexibility index (Phi) is 4.36. The predicted octanol–water partition coefficient (Wildman–Crippen LogP) is 3.38. The number of amides is 2. The molecule has 1 unspecified atom stereocenters. The lowest BCUT2D eigenvalue weighted by molar-refractivity contribution is -0.132. The molecular formula is C20H15ClN2O4S. The van der Waals surface area contributed by atoms with Gasteiger partial charge in [0.15, 0.2) is 0 Å². The third-order valence-electron chi connectivity index (χ3n) is 4.78. The molecule has 4 rings (SSSR count). The smallest absolute Gasteiger partial charge is 0.266 e. The molecule has 0 fully saturated rings. The number of hydrogen-bond donors (Lipinski definition) is 1. The maximum atomic E-state index is 13.0. The fourth-order valence-corrected chi connectivity index (χ4v) is 4.86. The Morgan fingerprint density at radius 1 is 1.04 bits per heavy atom. The number of carbonyl (C=O) groups excluding carboxylic acids is 2. The van der Waals surface area contributed by atoms with Crippen molar-refractivity contribution >= 4 is 49.9 Å². The van der Waals surface area contributed by atoms with E-state index < -0.39 is 27.8 Å². The van der Waals surface area contributed by atoms with Crippen molar-refractivity contribution in [2.24, 2.45) is 0 Å². The predicted molar refractivity (Wildman–Crippen MR) is 107 cm³/mol. The quantitative estimate of drug-likeness (QED) is 0.651. The third kappa shape index (κ3) is 2.83. The second-order valence-corrected chi connectivity index (χ2v) is 8.79. The maximum Gasteiger partial charge on any atom is 0.266 e. The van der Waals surface area contributed by atoms with Crippen molar-refractivity contribution in [3.8, 4) is 0 Å². The van der Waals surface area contributed by atoms with Gasteiger partial charge in [-0.2, -0.15) is 0 Å². The van der Waals surface area contributed by atoms with Crippen LogP contribution in [0.4, 0.5) is 5.69 Å². The molecular weight excluding hydrogens is 400 g/mol. The van der Waals surface area contributed by atoms with E-state index in [4.69, 9.17) is 11.6 Å². The summed E-state index contributed by atoms with van der Waals surface area (Å²) in [4.78, 5) is 25.7. The van der Waals surface area contributed by atoms with Crippen LogP contribution in [0.15, 0.2) is 65.6 Å². The molecule has 3 aromatic rings. The van der Waals surface area contributed by atoms with Crippen molar-refractivity contribution in [1.82, 2.24) is 4.31 Å². The number of nitrogens with zero attached hydrogens (tertiary/aromatic N) is 1. The first kappa shape index (κ1) is 18.5. The number of benzene rings is 3. The van der Waals surface area contributed by atoms with Gasteiger partial charge >= 0.3 is 0 Å². The summed E-state index contributed by atoms with van der Waals surface area (Å²) in [5.74, 6) is -2.76. The number of rotatable bonds is 2. The van der Waals surface area contributed by atoms with Gasteiger partial charge in [0.1, 0.15) is 5.92 Å². The van der Waals surface area contributed by atoms with Gasteiger partial charge in [-0.3, -0.25) is 9.59 Å². The maximum absolute atomic E-state index is 13.0. The van der Waals surface area contributed by atoms with Gasteiger partial charge in [0.2, 0.25) is 5.91 Å². The van der Waals surface area contributed by atoms with Crippen LogP contribution < -0.4 is 5.32 Å². The summed E-state index contributed by atoms with van der Waals surface area (Å²) >= 11 is 6.09. The van der Waals surface area contributed by atoms with Gasteiger partial charge in [-0.15, -0.1) is 0 Å². The van der Waals surface area contributed by atoms with E-state index >= 15 is 0 Å². The van der Waals surface area contributed by atoms with E-state index in [1.807, 2.05) is 0 Å². The molecule has 6 nitrogen and oxygen atoms in total. The summed E-state index contributed by atoms with van der Waals surface area (Å²) in [6.07, 6.45) is 0. The van der Waals surface area contributed by atoms with Crippen LogP contribution in [0.2, 0.25) is 5.02 Å². The van der Waals surface area contributed by atoms with E-state index in [0.717, 1.165) is 12.4 Å². The molecule has 0 spiro atoms.